The van der Waals surface area contributed by atoms with Gasteiger partial charge in [0, 0.05) is 22.9 Å². The lowest BCUT2D eigenvalue weighted by molar-refractivity contribution is -0.121. The SMILES string of the molecule is CCOc1c(Cl)cc(Cl)cc1C(C(=O)CC)C(C)C. The summed E-state index contributed by atoms with van der Waals surface area (Å²) in [6.07, 6.45) is 0.485. The van der Waals surface area contributed by atoms with E-state index in [1.807, 2.05) is 27.7 Å². The quantitative estimate of drug-likeness (QED) is 0.730. The molecule has 0 aromatic heterocycles. The van der Waals surface area contributed by atoms with Gasteiger partial charge in [0.15, 0.2) is 0 Å². The summed E-state index contributed by atoms with van der Waals surface area (Å²) < 4.78 is 5.61. The molecule has 4 heteroatoms. The standard InChI is InChI=1S/C15H20Cl2O2/c1-5-13(18)14(9(3)4)11-7-10(16)8-12(17)15(11)19-6-2/h7-9,14H,5-6H2,1-4H3. The summed E-state index contributed by atoms with van der Waals surface area (Å²) in [4.78, 5) is 12.2. The number of carbonyl (C=O) groups excluding carboxylic acids is 1. The average molecular weight is 303 g/mol. The van der Waals surface area contributed by atoms with Gasteiger partial charge in [-0.15, -0.1) is 0 Å². The fraction of sp³-hybridized carbons (Fsp3) is 0.533. The fourth-order valence-electron chi connectivity index (χ4n) is 2.23. The molecule has 1 atom stereocenters. The van der Waals surface area contributed by atoms with Crippen LogP contribution in [0.25, 0.3) is 0 Å². The molecule has 0 N–H and O–H groups in total. The maximum atomic E-state index is 12.2. The Bertz CT molecular complexity index is 456. The molecule has 0 heterocycles. The summed E-state index contributed by atoms with van der Waals surface area (Å²) in [6.45, 7) is 8.29. The topological polar surface area (TPSA) is 26.3 Å². The number of Topliss-reactive ketones (excluding diaryl/α,β-unsaturated/α-hetero) is 1. The van der Waals surface area contributed by atoms with E-state index in [1.54, 1.807) is 12.1 Å². The number of halogens is 2. The van der Waals surface area contributed by atoms with E-state index in [1.165, 1.54) is 0 Å². The highest BCUT2D eigenvalue weighted by Crippen LogP contribution is 2.40. The molecule has 1 rings (SSSR count). The second kappa shape index (κ2) is 7.16. The third kappa shape index (κ3) is 3.87. The number of carbonyl (C=O) groups is 1. The first-order valence-electron chi connectivity index (χ1n) is 6.56. The van der Waals surface area contributed by atoms with E-state index in [0.29, 0.717) is 28.8 Å². The van der Waals surface area contributed by atoms with Crippen LogP contribution in [-0.2, 0) is 4.79 Å². The van der Waals surface area contributed by atoms with Gasteiger partial charge in [0.1, 0.15) is 11.5 Å². The molecule has 0 aliphatic heterocycles. The van der Waals surface area contributed by atoms with Gasteiger partial charge in [0.25, 0.3) is 0 Å². The van der Waals surface area contributed by atoms with Gasteiger partial charge in [0.05, 0.1) is 11.6 Å². The first-order chi connectivity index (χ1) is 8.92. The van der Waals surface area contributed by atoms with Crippen molar-refractivity contribution in [3.05, 3.63) is 27.7 Å². The Morgan fingerprint density at radius 3 is 2.37 bits per heavy atom. The van der Waals surface area contributed by atoms with Crippen LogP contribution in [-0.4, -0.2) is 12.4 Å². The van der Waals surface area contributed by atoms with Crippen molar-refractivity contribution in [3.8, 4) is 5.75 Å². The van der Waals surface area contributed by atoms with Crippen LogP contribution < -0.4 is 4.74 Å². The minimum atomic E-state index is -0.234. The normalized spacial score (nSPS) is 12.6. The van der Waals surface area contributed by atoms with Crippen molar-refractivity contribution in [2.75, 3.05) is 6.61 Å². The van der Waals surface area contributed by atoms with Crippen molar-refractivity contribution in [2.24, 2.45) is 5.92 Å². The van der Waals surface area contributed by atoms with Gasteiger partial charge in [0.2, 0.25) is 0 Å². The molecule has 2 nitrogen and oxygen atoms in total. The lowest BCUT2D eigenvalue weighted by Gasteiger charge is -2.23. The molecule has 1 aromatic rings. The van der Waals surface area contributed by atoms with Crippen molar-refractivity contribution >= 4 is 29.0 Å². The molecule has 1 aromatic carbocycles. The van der Waals surface area contributed by atoms with Crippen LogP contribution in [0.2, 0.25) is 10.0 Å². The van der Waals surface area contributed by atoms with E-state index in [0.717, 1.165) is 5.56 Å². The Hall–Kier alpha value is -0.730. The second-order valence-corrected chi connectivity index (χ2v) is 5.62. The Balaban J connectivity index is 3.39. The van der Waals surface area contributed by atoms with Gasteiger partial charge in [-0.25, -0.2) is 0 Å². The van der Waals surface area contributed by atoms with Crippen LogP contribution in [0.1, 0.15) is 45.6 Å². The molecule has 0 fully saturated rings. The molecule has 0 spiro atoms. The highest BCUT2D eigenvalue weighted by Gasteiger charge is 2.27. The van der Waals surface area contributed by atoms with E-state index in [-0.39, 0.29) is 17.6 Å². The molecule has 0 amide bonds. The summed E-state index contributed by atoms with van der Waals surface area (Å²) in [6, 6.07) is 3.43. The van der Waals surface area contributed by atoms with E-state index in [4.69, 9.17) is 27.9 Å². The second-order valence-electron chi connectivity index (χ2n) is 4.78. The fourth-order valence-corrected chi connectivity index (χ4v) is 2.80. The molecule has 0 aliphatic carbocycles. The molecule has 0 saturated carbocycles. The van der Waals surface area contributed by atoms with Gasteiger partial charge < -0.3 is 4.74 Å². The molecule has 19 heavy (non-hydrogen) atoms. The third-order valence-electron chi connectivity index (χ3n) is 3.02. The van der Waals surface area contributed by atoms with Gasteiger partial charge in [-0.1, -0.05) is 44.0 Å². The van der Waals surface area contributed by atoms with Gasteiger partial charge in [-0.05, 0) is 25.0 Å². The Labute approximate surface area is 125 Å². The highest BCUT2D eigenvalue weighted by atomic mass is 35.5. The van der Waals surface area contributed by atoms with Crippen molar-refractivity contribution in [2.45, 2.75) is 40.0 Å². The zero-order chi connectivity index (χ0) is 14.6. The van der Waals surface area contributed by atoms with Gasteiger partial charge in [-0.3, -0.25) is 4.79 Å². The molecular weight excluding hydrogens is 283 g/mol. The smallest absolute Gasteiger partial charge is 0.141 e. The van der Waals surface area contributed by atoms with Crippen LogP contribution in [0.4, 0.5) is 0 Å². The van der Waals surface area contributed by atoms with Crippen molar-refractivity contribution in [3.63, 3.8) is 0 Å². The summed E-state index contributed by atoms with van der Waals surface area (Å²) in [5.74, 6) is 0.687. The van der Waals surface area contributed by atoms with Crippen LogP contribution >= 0.6 is 23.2 Å². The predicted molar refractivity (Wildman–Crippen MR) is 80.5 cm³/mol. The molecule has 0 aliphatic rings. The summed E-state index contributed by atoms with van der Waals surface area (Å²) in [7, 11) is 0. The van der Waals surface area contributed by atoms with Crippen LogP contribution in [0.15, 0.2) is 12.1 Å². The molecule has 0 saturated heterocycles. The third-order valence-corrected chi connectivity index (χ3v) is 3.52. The number of hydrogen-bond acceptors (Lipinski definition) is 2. The molecule has 0 radical (unpaired) electrons. The van der Waals surface area contributed by atoms with Gasteiger partial charge in [-0.2, -0.15) is 0 Å². The summed E-state index contributed by atoms with van der Waals surface area (Å²) in [5, 5.41) is 0.983. The first kappa shape index (κ1) is 16.3. The lowest BCUT2D eigenvalue weighted by Crippen LogP contribution is -2.18. The molecule has 0 bridgehead atoms. The van der Waals surface area contributed by atoms with Crippen LogP contribution in [0, 0.1) is 5.92 Å². The largest absolute Gasteiger partial charge is 0.492 e. The van der Waals surface area contributed by atoms with E-state index >= 15 is 0 Å². The molecule has 1 unspecified atom stereocenters. The minimum absolute atomic E-state index is 0.168. The van der Waals surface area contributed by atoms with Crippen LogP contribution in [0.3, 0.4) is 0 Å². The van der Waals surface area contributed by atoms with E-state index < -0.39 is 0 Å². The van der Waals surface area contributed by atoms with Gasteiger partial charge >= 0.3 is 0 Å². The van der Waals surface area contributed by atoms with Crippen molar-refractivity contribution < 1.29 is 9.53 Å². The number of rotatable bonds is 6. The van der Waals surface area contributed by atoms with E-state index in [9.17, 15) is 4.79 Å². The first-order valence-corrected chi connectivity index (χ1v) is 7.32. The Morgan fingerprint density at radius 2 is 1.89 bits per heavy atom. The monoisotopic (exact) mass is 302 g/mol. The van der Waals surface area contributed by atoms with Crippen molar-refractivity contribution in [1.29, 1.82) is 0 Å². The lowest BCUT2D eigenvalue weighted by atomic mass is 9.83. The number of hydrogen-bond donors (Lipinski definition) is 0. The van der Waals surface area contributed by atoms with Crippen molar-refractivity contribution in [1.82, 2.24) is 0 Å². The predicted octanol–water partition coefficient (Wildman–Crippen LogP) is 5.11. The number of benzene rings is 1. The maximum Gasteiger partial charge on any atom is 0.141 e. The van der Waals surface area contributed by atoms with E-state index in [2.05, 4.69) is 0 Å². The summed E-state index contributed by atoms with van der Waals surface area (Å²) >= 11 is 12.3. The number of ketones is 1. The molecule has 106 valence electrons. The average Bonchev–Trinajstić information content (AvgIpc) is 2.32. The minimum Gasteiger partial charge on any atom is -0.492 e. The molecular formula is C15H20Cl2O2. The number of ether oxygens (including phenoxy) is 1. The Morgan fingerprint density at radius 1 is 1.26 bits per heavy atom. The Kier molecular flexibility index (Phi) is 6.15. The maximum absolute atomic E-state index is 12.2. The zero-order valence-corrected chi connectivity index (χ0v) is 13.3. The van der Waals surface area contributed by atoms with Crippen LogP contribution in [0.5, 0.6) is 5.75 Å². The summed E-state index contributed by atoms with van der Waals surface area (Å²) in [5.41, 5.74) is 0.793. The highest BCUT2D eigenvalue weighted by molar-refractivity contribution is 6.35. The zero-order valence-electron chi connectivity index (χ0n) is 11.8.